The Morgan fingerprint density at radius 3 is 2.22 bits per heavy atom. The van der Waals surface area contributed by atoms with Crippen LogP contribution in [0.2, 0.25) is 0 Å². The number of benzene rings is 2. The SMILES string of the molecule is CC1CN(C(=O)COc2c([N+](=O)[O-])ccc(C(C)(C)C)c2[N+](=O)[O-])C(C)CN1Cc1ccc(F)cc1. The van der Waals surface area contributed by atoms with E-state index in [1.807, 2.05) is 13.8 Å². The number of carbonyl (C=O) groups excluding carboxylic acids is 1. The third kappa shape index (κ3) is 5.96. The van der Waals surface area contributed by atoms with E-state index >= 15 is 0 Å². The average Bonchev–Trinajstić information content (AvgIpc) is 2.79. The molecule has 1 fully saturated rings. The van der Waals surface area contributed by atoms with Gasteiger partial charge in [-0.25, -0.2) is 4.39 Å². The summed E-state index contributed by atoms with van der Waals surface area (Å²) in [7, 11) is 0. The van der Waals surface area contributed by atoms with Gasteiger partial charge in [-0.1, -0.05) is 32.9 Å². The summed E-state index contributed by atoms with van der Waals surface area (Å²) in [5, 5.41) is 23.5. The van der Waals surface area contributed by atoms with Crippen molar-refractivity contribution in [3.63, 3.8) is 0 Å². The summed E-state index contributed by atoms with van der Waals surface area (Å²) < 4.78 is 18.7. The molecule has 0 saturated carbocycles. The third-order valence-corrected chi connectivity index (χ3v) is 6.37. The fraction of sp³-hybridized carbons (Fsp3) is 0.480. The molecule has 2 unspecified atom stereocenters. The Kier molecular flexibility index (Phi) is 7.92. The lowest BCUT2D eigenvalue weighted by Crippen LogP contribution is -2.58. The monoisotopic (exact) mass is 502 g/mol. The van der Waals surface area contributed by atoms with Gasteiger partial charge < -0.3 is 9.64 Å². The number of nitrogens with zero attached hydrogens (tertiary/aromatic N) is 4. The van der Waals surface area contributed by atoms with Crippen LogP contribution in [0.3, 0.4) is 0 Å². The van der Waals surface area contributed by atoms with Gasteiger partial charge in [-0.2, -0.15) is 0 Å². The van der Waals surface area contributed by atoms with Crippen LogP contribution in [0.15, 0.2) is 36.4 Å². The number of nitro benzene ring substituents is 2. The van der Waals surface area contributed by atoms with Gasteiger partial charge in [0, 0.05) is 43.3 Å². The van der Waals surface area contributed by atoms with Gasteiger partial charge in [0.05, 0.1) is 9.85 Å². The van der Waals surface area contributed by atoms with Crippen molar-refractivity contribution in [2.45, 2.75) is 58.7 Å². The number of carbonyl (C=O) groups is 1. The Balaban J connectivity index is 1.77. The zero-order valence-corrected chi connectivity index (χ0v) is 21.1. The Morgan fingerprint density at radius 1 is 1.03 bits per heavy atom. The van der Waals surface area contributed by atoms with Crippen LogP contribution in [0, 0.1) is 26.0 Å². The standard InChI is InChI=1S/C25H31FN4O6/c1-16-13-28(17(2)12-27(16)14-18-6-8-19(26)9-7-18)22(31)15-36-24-21(29(32)33)11-10-20(25(3,4)5)23(24)30(34)35/h6-11,16-17H,12-15H2,1-5H3. The molecule has 1 amide bonds. The van der Waals surface area contributed by atoms with Crippen LogP contribution in [-0.4, -0.2) is 57.3 Å². The molecule has 2 aromatic carbocycles. The molecule has 0 radical (unpaired) electrons. The summed E-state index contributed by atoms with van der Waals surface area (Å²) in [4.78, 5) is 38.9. The topological polar surface area (TPSA) is 119 Å². The highest BCUT2D eigenvalue weighted by Crippen LogP contribution is 2.43. The van der Waals surface area contributed by atoms with Crippen LogP contribution in [-0.2, 0) is 16.8 Å². The van der Waals surface area contributed by atoms with Gasteiger partial charge in [0.1, 0.15) is 5.82 Å². The summed E-state index contributed by atoms with van der Waals surface area (Å²) >= 11 is 0. The minimum absolute atomic E-state index is 0.0110. The van der Waals surface area contributed by atoms with Crippen LogP contribution in [0.4, 0.5) is 15.8 Å². The predicted octanol–water partition coefficient (Wildman–Crippen LogP) is 4.44. The number of piperazine rings is 1. The first-order chi connectivity index (χ1) is 16.8. The molecule has 0 bridgehead atoms. The van der Waals surface area contributed by atoms with Crippen molar-refractivity contribution >= 4 is 17.3 Å². The van der Waals surface area contributed by atoms with Crippen LogP contribution in [0.5, 0.6) is 5.75 Å². The molecular formula is C25H31FN4O6. The van der Waals surface area contributed by atoms with Gasteiger partial charge in [0.25, 0.3) is 11.7 Å². The molecular weight excluding hydrogens is 471 g/mol. The molecule has 1 aliphatic heterocycles. The van der Waals surface area contributed by atoms with Crippen molar-refractivity contribution in [3.8, 4) is 5.75 Å². The van der Waals surface area contributed by atoms with Crippen LogP contribution < -0.4 is 4.74 Å². The number of nitro groups is 2. The Hall–Kier alpha value is -3.60. The zero-order valence-electron chi connectivity index (χ0n) is 21.1. The zero-order chi connectivity index (χ0) is 26.8. The highest BCUT2D eigenvalue weighted by molar-refractivity contribution is 5.79. The van der Waals surface area contributed by atoms with E-state index < -0.39 is 44.9 Å². The van der Waals surface area contributed by atoms with Gasteiger partial charge in [-0.3, -0.25) is 29.9 Å². The maximum Gasteiger partial charge on any atom is 0.321 e. The van der Waals surface area contributed by atoms with Gasteiger partial charge in [0.15, 0.2) is 6.61 Å². The number of amides is 1. The second-order valence-corrected chi connectivity index (χ2v) is 10.2. The highest BCUT2D eigenvalue weighted by Gasteiger charge is 2.37. The molecule has 10 nitrogen and oxygen atoms in total. The van der Waals surface area contributed by atoms with Crippen molar-refractivity contribution in [2.75, 3.05) is 19.7 Å². The quantitative estimate of drug-likeness (QED) is 0.406. The van der Waals surface area contributed by atoms with E-state index in [-0.39, 0.29) is 23.5 Å². The van der Waals surface area contributed by atoms with Crippen LogP contribution in [0.25, 0.3) is 0 Å². The molecule has 2 aromatic rings. The number of hydrogen-bond donors (Lipinski definition) is 0. The maximum absolute atomic E-state index is 13.2. The molecule has 2 atom stereocenters. The molecule has 0 aliphatic carbocycles. The number of halogens is 1. The van der Waals surface area contributed by atoms with E-state index in [2.05, 4.69) is 4.90 Å². The van der Waals surface area contributed by atoms with Crippen LogP contribution >= 0.6 is 0 Å². The van der Waals surface area contributed by atoms with Crippen molar-refractivity contribution in [3.05, 3.63) is 73.6 Å². The lowest BCUT2D eigenvalue weighted by molar-refractivity contribution is -0.396. The largest absolute Gasteiger partial charge is 0.472 e. The van der Waals surface area contributed by atoms with Gasteiger partial charge in [-0.05, 0) is 43.0 Å². The first kappa shape index (κ1) is 27.0. The van der Waals surface area contributed by atoms with E-state index in [4.69, 9.17) is 4.74 Å². The molecule has 0 spiro atoms. The van der Waals surface area contributed by atoms with Crippen molar-refractivity contribution < 1.29 is 23.8 Å². The molecule has 0 N–H and O–H groups in total. The van der Waals surface area contributed by atoms with Crippen LogP contribution in [0.1, 0.15) is 45.7 Å². The maximum atomic E-state index is 13.2. The first-order valence-electron chi connectivity index (χ1n) is 11.7. The van der Waals surface area contributed by atoms with Gasteiger partial charge in [-0.15, -0.1) is 0 Å². The molecule has 11 heteroatoms. The smallest absolute Gasteiger partial charge is 0.321 e. The van der Waals surface area contributed by atoms with Crippen molar-refractivity contribution in [1.82, 2.24) is 9.80 Å². The lowest BCUT2D eigenvalue weighted by Gasteiger charge is -2.44. The molecule has 3 rings (SSSR count). The van der Waals surface area contributed by atoms with E-state index in [0.29, 0.717) is 19.6 Å². The molecule has 0 aromatic heterocycles. The van der Waals surface area contributed by atoms with E-state index in [0.717, 1.165) is 5.56 Å². The van der Waals surface area contributed by atoms with E-state index in [1.165, 1.54) is 24.3 Å². The average molecular weight is 503 g/mol. The lowest BCUT2D eigenvalue weighted by atomic mass is 9.85. The Labute approximate surface area is 208 Å². The van der Waals surface area contributed by atoms with Crippen molar-refractivity contribution in [1.29, 1.82) is 0 Å². The predicted molar refractivity (Wildman–Crippen MR) is 131 cm³/mol. The number of rotatable bonds is 7. The molecule has 194 valence electrons. The summed E-state index contributed by atoms with van der Waals surface area (Å²) in [6.07, 6.45) is 0. The molecule has 1 saturated heterocycles. The third-order valence-electron chi connectivity index (χ3n) is 6.37. The fourth-order valence-electron chi connectivity index (χ4n) is 4.44. The normalized spacial score (nSPS) is 18.7. The van der Waals surface area contributed by atoms with E-state index in [1.54, 1.807) is 37.8 Å². The summed E-state index contributed by atoms with van der Waals surface area (Å²) in [6, 6.07) is 8.60. The fourth-order valence-corrected chi connectivity index (χ4v) is 4.44. The highest BCUT2D eigenvalue weighted by atomic mass is 19.1. The second kappa shape index (κ2) is 10.6. The summed E-state index contributed by atoms with van der Waals surface area (Å²) in [5.41, 5.74) is -0.512. The molecule has 1 aliphatic rings. The van der Waals surface area contributed by atoms with Gasteiger partial charge in [0.2, 0.25) is 0 Å². The number of ether oxygens (including phenoxy) is 1. The minimum Gasteiger partial charge on any atom is -0.472 e. The van der Waals surface area contributed by atoms with E-state index in [9.17, 15) is 29.4 Å². The van der Waals surface area contributed by atoms with Crippen molar-refractivity contribution in [2.24, 2.45) is 0 Å². The summed E-state index contributed by atoms with van der Waals surface area (Å²) in [5.74, 6) is -1.23. The second-order valence-electron chi connectivity index (χ2n) is 10.2. The first-order valence-corrected chi connectivity index (χ1v) is 11.7. The Morgan fingerprint density at radius 2 is 1.67 bits per heavy atom. The summed E-state index contributed by atoms with van der Waals surface area (Å²) in [6.45, 7) is 10.1. The van der Waals surface area contributed by atoms with Gasteiger partial charge >= 0.3 is 11.4 Å². The molecule has 1 heterocycles. The number of hydrogen-bond acceptors (Lipinski definition) is 7. The molecule has 36 heavy (non-hydrogen) atoms. The Bertz CT molecular complexity index is 1150. The minimum atomic E-state index is -0.752.